The summed E-state index contributed by atoms with van der Waals surface area (Å²) >= 11 is 0. The number of carbonyl (C=O) groups is 1. The summed E-state index contributed by atoms with van der Waals surface area (Å²) in [4.78, 5) is 15.8. The van der Waals surface area contributed by atoms with E-state index in [0.29, 0.717) is 50.0 Å². The van der Waals surface area contributed by atoms with Gasteiger partial charge in [0, 0.05) is 26.2 Å². The van der Waals surface area contributed by atoms with Gasteiger partial charge in [-0.3, -0.25) is 0 Å². The van der Waals surface area contributed by atoms with Gasteiger partial charge in [0.1, 0.15) is 11.9 Å². The summed E-state index contributed by atoms with van der Waals surface area (Å²) in [6, 6.07) is 6.26. The molecule has 0 radical (unpaired) electrons. The third-order valence-electron chi connectivity index (χ3n) is 3.71. The van der Waals surface area contributed by atoms with Crippen molar-refractivity contribution in [1.82, 2.24) is 4.90 Å². The summed E-state index contributed by atoms with van der Waals surface area (Å²) < 4.78 is 18.5. The minimum Gasteiger partial charge on any atom is -0.449 e. The van der Waals surface area contributed by atoms with Crippen molar-refractivity contribution < 1.29 is 13.9 Å². The van der Waals surface area contributed by atoms with E-state index >= 15 is 0 Å². The van der Waals surface area contributed by atoms with Crippen molar-refractivity contribution in [3.63, 3.8) is 0 Å². The fourth-order valence-electron chi connectivity index (χ4n) is 2.54. The Bertz CT molecular complexity index is 598. The molecule has 1 aromatic rings. The molecule has 0 saturated carbocycles. The van der Waals surface area contributed by atoms with Crippen LogP contribution in [0.15, 0.2) is 18.2 Å². The van der Waals surface area contributed by atoms with Crippen LogP contribution in [-0.2, 0) is 4.74 Å². The van der Waals surface area contributed by atoms with Crippen molar-refractivity contribution in [2.45, 2.75) is 20.3 Å². The van der Waals surface area contributed by atoms with Crippen LogP contribution in [0.3, 0.4) is 0 Å². The monoisotopic (exact) mass is 319 g/mol. The van der Waals surface area contributed by atoms with Gasteiger partial charge in [-0.1, -0.05) is 13.8 Å². The van der Waals surface area contributed by atoms with Gasteiger partial charge in [-0.2, -0.15) is 5.26 Å². The Kier molecular flexibility index (Phi) is 5.80. The van der Waals surface area contributed by atoms with E-state index in [-0.39, 0.29) is 6.09 Å². The molecule has 1 aliphatic rings. The normalized spacial score (nSPS) is 15.3. The predicted molar refractivity (Wildman–Crippen MR) is 85.7 cm³/mol. The van der Waals surface area contributed by atoms with Crippen LogP contribution in [0.5, 0.6) is 0 Å². The second-order valence-corrected chi connectivity index (χ2v) is 6.07. The van der Waals surface area contributed by atoms with E-state index in [0.717, 1.165) is 6.42 Å². The number of rotatable bonds is 3. The highest BCUT2D eigenvalue weighted by Gasteiger charge is 2.22. The van der Waals surface area contributed by atoms with Gasteiger partial charge in [-0.15, -0.1) is 0 Å². The molecule has 2 rings (SSSR count). The predicted octanol–water partition coefficient (Wildman–Crippen LogP) is 3.00. The summed E-state index contributed by atoms with van der Waals surface area (Å²) in [5, 5.41) is 9.18. The molecule has 1 saturated heterocycles. The van der Waals surface area contributed by atoms with Crippen molar-refractivity contribution in [2.75, 3.05) is 37.7 Å². The first-order valence-corrected chi connectivity index (χ1v) is 7.87. The maximum absolute atomic E-state index is 13.3. The van der Waals surface area contributed by atoms with Crippen LogP contribution < -0.4 is 4.90 Å². The van der Waals surface area contributed by atoms with Crippen LogP contribution in [0, 0.1) is 23.1 Å². The second kappa shape index (κ2) is 7.82. The fraction of sp³-hybridized carbons (Fsp3) is 0.529. The number of hydrogen-bond acceptors (Lipinski definition) is 4. The molecule has 0 unspecified atom stereocenters. The van der Waals surface area contributed by atoms with Crippen molar-refractivity contribution in [3.8, 4) is 6.07 Å². The topological polar surface area (TPSA) is 56.6 Å². The lowest BCUT2D eigenvalue weighted by Gasteiger charge is -2.24. The SMILES string of the molecule is CC(C)COC(=O)N1CCCN(c2ccc(F)cc2C#N)CC1. The molecule has 0 spiro atoms. The number of amides is 1. The molecule has 0 bridgehead atoms. The van der Waals surface area contributed by atoms with Crippen molar-refractivity contribution in [3.05, 3.63) is 29.6 Å². The molecule has 0 aromatic heterocycles. The molecule has 1 heterocycles. The van der Waals surface area contributed by atoms with E-state index in [4.69, 9.17) is 4.74 Å². The highest BCUT2D eigenvalue weighted by atomic mass is 19.1. The van der Waals surface area contributed by atoms with Crippen LogP contribution in [0.25, 0.3) is 0 Å². The minimum absolute atomic E-state index is 0.292. The van der Waals surface area contributed by atoms with E-state index in [9.17, 15) is 14.4 Å². The number of benzene rings is 1. The van der Waals surface area contributed by atoms with Crippen LogP contribution in [-0.4, -0.2) is 43.8 Å². The summed E-state index contributed by atoms with van der Waals surface area (Å²) in [7, 11) is 0. The van der Waals surface area contributed by atoms with Crippen LogP contribution >= 0.6 is 0 Å². The third-order valence-corrected chi connectivity index (χ3v) is 3.71. The zero-order chi connectivity index (χ0) is 16.8. The molecule has 1 aliphatic heterocycles. The maximum atomic E-state index is 13.3. The van der Waals surface area contributed by atoms with E-state index in [1.807, 2.05) is 24.8 Å². The van der Waals surface area contributed by atoms with Crippen LogP contribution in [0.4, 0.5) is 14.9 Å². The molecule has 124 valence electrons. The van der Waals surface area contributed by atoms with Crippen LogP contribution in [0.2, 0.25) is 0 Å². The molecule has 6 heteroatoms. The van der Waals surface area contributed by atoms with Gasteiger partial charge in [0.05, 0.1) is 17.9 Å². The lowest BCUT2D eigenvalue weighted by atomic mass is 10.1. The van der Waals surface area contributed by atoms with E-state index in [1.165, 1.54) is 12.1 Å². The Morgan fingerprint density at radius 3 is 2.83 bits per heavy atom. The Morgan fingerprint density at radius 2 is 2.13 bits per heavy atom. The standard InChI is InChI=1S/C17H22FN3O2/c1-13(2)12-23-17(22)21-7-3-6-20(8-9-21)16-5-4-15(18)10-14(16)11-19/h4-5,10,13H,3,6-9,12H2,1-2H3. The summed E-state index contributed by atoms with van der Waals surface area (Å²) in [5.74, 6) is -0.112. The average Bonchev–Trinajstić information content (AvgIpc) is 2.78. The number of nitriles is 1. The smallest absolute Gasteiger partial charge is 0.409 e. The Balaban J connectivity index is 2.01. The Labute approximate surface area is 136 Å². The van der Waals surface area contributed by atoms with Crippen molar-refractivity contribution in [1.29, 1.82) is 5.26 Å². The number of ether oxygens (including phenoxy) is 1. The maximum Gasteiger partial charge on any atom is 0.409 e. The number of nitrogens with zero attached hydrogens (tertiary/aromatic N) is 3. The molecule has 5 nitrogen and oxygen atoms in total. The lowest BCUT2D eigenvalue weighted by Crippen LogP contribution is -2.36. The first-order valence-electron chi connectivity index (χ1n) is 7.87. The second-order valence-electron chi connectivity index (χ2n) is 6.07. The first kappa shape index (κ1) is 17.1. The lowest BCUT2D eigenvalue weighted by molar-refractivity contribution is 0.0943. The number of hydrogen-bond donors (Lipinski definition) is 0. The largest absolute Gasteiger partial charge is 0.449 e. The quantitative estimate of drug-likeness (QED) is 0.859. The van der Waals surface area contributed by atoms with E-state index < -0.39 is 5.82 Å². The van der Waals surface area contributed by atoms with Gasteiger partial charge >= 0.3 is 6.09 Å². The summed E-state index contributed by atoms with van der Waals surface area (Å²) in [6.45, 7) is 6.86. The first-order chi connectivity index (χ1) is 11.0. The molecule has 1 fully saturated rings. The Hall–Kier alpha value is -2.29. The molecule has 23 heavy (non-hydrogen) atoms. The highest BCUT2D eigenvalue weighted by molar-refractivity contribution is 5.68. The van der Waals surface area contributed by atoms with Crippen molar-refractivity contribution in [2.24, 2.45) is 5.92 Å². The molecule has 0 atom stereocenters. The zero-order valence-corrected chi connectivity index (χ0v) is 13.6. The van der Waals surface area contributed by atoms with Gasteiger partial charge < -0.3 is 14.5 Å². The van der Waals surface area contributed by atoms with Crippen molar-refractivity contribution >= 4 is 11.8 Å². The Morgan fingerprint density at radius 1 is 1.35 bits per heavy atom. The highest BCUT2D eigenvalue weighted by Crippen LogP contribution is 2.22. The molecule has 1 aromatic carbocycles. The molecule has 1 amide bonds. The van der Waals surface area contributed by atoms with Gasteiger partial charge in [0.25, 0.3) is 0 Å². The summed E-state index contributed by atoms with van der Waals surface area (Å²) in [6.07, 6.45) is 0.485. The molecule has 0 aliphatic carbocycles. The number of halogens is 1. The minimum atomic E-state index is -0.418. The van der Waals surface area contributed by atoms with Gasteiger partial charge in [0.2, 0.25) is 0 Å². The van der Waals surface area contributed by atoms with E-state index in [2.05, 4.69) is 0 Å². The van der Waals surface area contributed by atoms with Gasteiger partial charge in [-0.25, -0.2) is 9.18 Å². The van der Waals surface area contributed by atoms with Gasteiger partial charge in [-0.05, 0) is 30.5 Å². The molecule has 0 N–H and O–H groups in total. The number of carbonyl (C=O) groups excluding carboxylic acids is 1. The third kappa shape index (κ3) is 4.59. The zero-order valence-electron chi connectivity index (χ0n) is 13.6. The van der Waals surface area contributed by atoms with Gasteiger partial charge in [0.15, 0.2) is 0 Å². The number of anilines is 1. The summed E-state index contributed by atoms with van der Waals surface area (Å²) in [5.41, 5.74) is 1.03. The fourth-order valence-corrected chi connectivity index (χ4v) is 2.54. The van der Waals surface area contributed by atoms with Crippen LogP contribution in [0.1, 0.15) is 25.8 Å². The van der Waals surface area contributed by atoms with E-state index in [1.54, 1.807) is 11.0 Å². The average molecular weight is 319 g/mol. The molecular formula is C17H22FN3O2. The molecular weight excluding hydrogens is 297 g/mol.